The average molecular weight is 275 g/mol. The first kappa shape index (κ1) is 14.3. The van der Waals surface area contributed by atoms with Crippen LogP contribution in [0.5, 0.6) is 0 Å². The molecule has 1 aromatic carbocycles. The summed E-state index contributed by atoms with van der Waals surface area (Å²) < 4.78 is 15.4. The Kier molecular flexibility index (Phi) is 4.90. The maximum Gasteiger partial charge on any atom is 0.344 e. The van der Waals surface area contributed by atoms with Crippen molar-refractivity contribution in [2.45, 2.75) is 13.8 Å². The molecule has 0 saturated heterocycles. The predicted octanol–water partition coefficient (Wildman–Crippen LogP) is 2.84. The van der Waals surface area contributed by atoms with E-state index in [1.165, 1.54) is 0 Å². The Morgan fingerprint density at radius 1 is 1.25 bits per heavy atom. The summed E-state index contributed by atoms with van der Waals surface area (Å²) in [5.41, 5.74) is 1.69. The molecular formula is C15H17NO4. The zero-order chi connectivity index (χ0) is 14.4. The van der Waals surface area contributed by atoms with Crippen molar-refractivity contribution in [3.63, 3.8) is 0 Å². The van der Waals surface area contributed by atoms with Crippen LogP contribution in [0.25, 0.3) is 11.3 Å². The van der Waals surface area contributed by atoms with Crippen LogP contribution in [0.1, 0.15) is 23.0 Å². The van der Waals surface area contributed by atoms with Crippen LogP contribution in [0.3, 0.4) is 0 Å². The number of hydrogen-bond donors (Lipinski definition) is 0. The summed E-state index contributed by atoms with van der Waals surface area (Å²) in [6.07, 6.45) is 0. The topological polar surface area (TPSA) is 61.6 Å². The van der Waals surface area contributed by atoms with Crippen LogP contribution in [0, 0.1) is 6.92 Å². The number of rotatable bonds is 6. The standard InChI is InChI=1S/C15H17NO4/c1-3-18-9-10-19-15(17)13-11(2)20-16-14(13)12-7-5-4-6-8-12/h4-8H,3,9-10H2,1-2H3. The normalized spacial score (nSPS) is 10.5. The molecule has 0 aliphatic carbocycles. The number of carbonyl (C=O) groups is 1. The van der Waals surface area contributed by atoms with Gasteiger partial charge in [-0.25, -0.2) is 4.79 Å². The number of aromatic nitrogens is 1. The van der Waals surface area contributed by atoms with E-state index in [-0.39, 0.29) is 6.61 Å². The van der Waals surface area contributed by atoms with E-state index in [2.05, 4.69) is 5.16 Å². The Balaban J connectivity index is 2.15. The van der Waals surface area contributed by atoms with Gasteiger partial charge in [0.2, 0.25) is 0 Å². The second-order valence-electron chi connectivity index (χ2n) is 4.16. The highest BCUT2D eigenvalue weighted by Crippen LogP contribution is 2.25. The lowest BCUT2D eigenvalue weighted by Gasteiger charge is -2.05. The van der Waals surface area contributed by atoms with Crippen LogP contribution in [-0.2, 0) is 9.47 Å². The molecule has 0 unspecified atom stereocenters. The van der Waals surface area contributed by atoms with Crippen LogP contribution in [0.15, 0.2) is 34.9 Å². The third-order valence-corrected chi connectivity index (χ3v) is 2.78. The zero-order valence-corrected chi connectivity index (χ0v) is 11.6. The van der Waals surface area contributed by atoms with Crippen LogP contribution in [0.4, 0.5) is 0 Å². The van der Waals surface area contributed by atoms with Gasteiger partial charge >= 0.3 is 5.97 Å². The molecule has 0 saturated carbocycles. The number of carbonyl (C=O) groups excluding carboxylic acids is 1. The van der Waals surface area contributed by atoms with E-state index >= 15 is 0 Å². The van der Waals surface area contributed by atoms with E-state index < -0.39 is 5.97 Å². The van der Waals surface area contributed by atoms with E-state index in [0.717, 1.165) is 5.56 Å². The third kappa shape index (κ3) is 3.24. The van der Waals surface area contributed by atoms with E-state index in [9.17, 15) is 4.79 Å². The first-order valence-electron chi connectivity index (χ1n) is 6.50. The molecule has 0 amide bonds. The third-order valence-electron chi connectivity index (χ3n) is 2.78. The van der Waals surface area contributed by atoms with Crippen molar-refractivity contribution >= 4 is 5.97 Å². The molecule has 5 nitrogen and oxygen atoms in total. The zero-order valence-electron chi connectivity index (χ0n) is 11.6. The molecule has 0 atom stereocenters. The van der Waals surface area contributed by atoms with Crippen LogP contribution in [0.2, 0.25) is 0 Å². The minimum Gasteiger partial charge on any atom is -0.459 e. The van der Waals surface area contributed by atoms with Gasteiger partial charge in [0.15, 0.2) is 0 Å². The van der Waals surface area contributed by atoms with Crippen molar-refractivity contribution in [3.8, 4) is 11.3 Å². The molecule has 0 aliphatic rings. The van der Waals surface area contributed by atoms with Crippen LogP contribution < -0.4 is 0 Å². The average Bonchev–Trinajstić information content (AvgIpc) is 2.86. The van der Waals surface area contributed by atoms with Crippen molar-refractivity contribution in [2.24, 2.45) is 0 Å². The summed E-state index contributed by atoms with van der Waals surface area (Å²) in [5, 5.41) is 3.94. The summed E-state index contributed by atoms with van der Waals surface area (Å²) >= 11 is 0. The molecule has 0 radical (unpaired) electrons. The van der Waals surface area contributed by atoms with Crippen molar-refractivity contribution in [3.05, 3.63) is 41.7 Å². The molecule has 0 spiro atoms. The van der Waals surface area contributed by atoms with Crippen molar-refractivity contribution in [2.75, 3.05) is 19.8 Å². The van der Waals surface area contributed by atoms with Crippen LogP contribution >= 0.6 is 0 Å². The first-order chi connectivity index (χ1) is 9.74. The molecule has 2 aromatic rings. The number of aryl methyl sites for hydroxylation is 1. The molecule has 0 N–H and O–H groups in total. The lowest BCUT2D eigenvalue weighted by atomic mass is 10.1. The Morgan fingerprint density at radius 3 is 2.70 bits per heavy atom. The number of ether oxygens (including phenoxy) is 2. The van der Waals surface area contributed by atoms with Crippen molar-refractivity contribution in [1.82, 2.24) is 5.16 Å². The summed E-state index contributed by atoms with van der Waals surface area (Å²) in [7, 11) is 0. The lowest BCUT2D eigenvalue weighted by Crippen LogP contribution is -2.12. The summed E-state index contributed by atoms with van der Waals surface area (Å²) in [6.45, 7) is 4.77. The fourth-order valence-corrected chi connectivity index (χ4v) is 1.82. The van der Waals surface area contributed by atoms with E-state index in [1.54, 1.807) is 6.92 Å². The molecule has 5 heteroatoms. The summed E-state index contributed by atoms with van der Waals surface area (Å²) in [4.78, 5) is 12.1. The second kappa shape index (κ2) is 6.86. The maximum absolute atomic E-state index is 12.1. The fraction of sp³-hybridized carbons (Fsp3) is 0.333. The predicted molar refractivity (Wildman–Crippen MR) is 73.5 cm³/mol. The largest absolute Gasteiger partial charge is 0.459 e. The van der Waals surface area contributed by atoms with Crippen molar-refractivity contribution in [1.29, 1.82) is 0 Å². The van der Waals surface area contributed by atoms with Gasteiger partial charge in [0.1, 0.15) is 23.6 Å². The molecule has 0 aliphatic heterocycles. The van der Waals surface area contributed by atoms with E-state index in [0.29, 0.717) is 30.2 Å². The maximum atomic E-state index is 12.1. The Labute approximate surface area is 117 Å². The molecular weight excluding hydrogens is 258 g/mol. The molecule has 20 heavy (non-hydrogen) atoms. The smallest absolute Gasteiger partial charge is 0.344 e. The van der Waals surface area contributed by atoms with Gasteiger partial charge in [-0.3, -0.25) is 0 Å². The van der Waals surface area contributed by atoms with Crippen LogP contribution in [-0.4, -0.2) is 30.9 Å². The quantitative estimate of drug-likeness (QED) is 0.599. The molecule has 106 valence electrons. The van der Waals surface area contributed by atoms with Crippen molar-refractivity contribution < 1.29 is 18.8 Å². The highest BCUT2D eigenvalue weighted by atomic mass is 16.6. The van der Waals surface area contributed by atoms with Gasteiger partial charge in [-0.2, -0.15) is 0 Å². The summed E-state index contributed by atoms with van der Waals surface area (Å²) in [6, 6.07) is 9.39. The van der Waals surface area contributed by atoms with Gasteiger partial charge in [0, 0.05) is 12.2 Å². The highest BCUT2D eigenvalue weighted by Gasteiger charge is 2.22. The number of benzene rings is 1. The van der Waals surface area contributed by atoms with Gasteiger partial charge in [0.05, 0.1) is 6.61 Å². The molecule has 1 heterocycles. The number of esters is 1. The summed E-state index contributed by atoms with van der Waals surface area (Å²) in [5.74, 6) is 0.00701. The Bertz CT molecular complexity index is 563. The Morgan fingerprint density at radius 2 is 2.00 bits per heavy atom. The Hall–Kier alpha value is -2.14. The first-order valence-corrected chi connectivity index (χ1v) is 6.50. The minimum absolute atomic E-state index is 0.214. The number of hydrogen-bond acceptors (Lipinski definition) is 5. The van der Waals surface area contributed by atoms with Gasteiger partial charge in [-0.15, -0.1) is 0 Å². The van der Waals surface area contributed by atoms with Gasteiger partial charge in [-0.1, -0.05) is 35.5 Å². The highest BCUT2D eigenvalue weighted by molar-refractivity contribution is 5.97. The molecule has 2 rings (SSSR count). The minimum atomic E-state index is -0.442. The lowest BCUT2D eigenvalue weighted by molar-refractivity contribution is 0.0334. The van der Waals surface area contributed by atoms with Gasteiger partial charge in [-0.05, 0) is 13.8 Å². The fourth-order valence-electron chi connectivity index (χ4n) is 1.82. The van der Waals surface area contributed by atoms with Gasteiger partial charge in [0.25, 0.3) is 0 Å². The van der Waals surface area contributed by atoms with E-state index in [1.807, 2.05) is 37.3 Å². The SMILES string of the molecule is CCOCCOC(=O)c1c(-c2ccccc2)noc1C. The van der Waals surface area contributed by atoms with E-state index in [4.69, 9.17) is 14.0 Å². The molecule has 1 aromatic heterocycles. The number of nitrogens with zero attached hydrogens (tertiary/aromatic N) is 1. The van der Waals surface area contributed by atoms with Gasteiger partial charge < -0.3 is 14.0 Å². The molecule has 0 bridgehead atoms. The monoisotopic (exact) mass is 275 g/mol. The molecule has 0 fully saturated rings. The second-order valence-corrected chi connectivity index (χ2v) is 4.16.